The molecular weight excluding hydrogens is 420 g/mol. The number of thiazole rings is 1. The van der Waals surface area contributed by atoms with Crippen molar-refractivity contribution in [1.82, 2.24) is 4.98 Å². The Morgan fingerprint density at radius 2 is 2.03 bits per heavy atom. The summed E-state index contributed by atoms with van der Waals surface area (Å²) in [6.45, 7) is 0. The van der Waals surface area contributed by atoms with E-state index in [0.29, 0.717) is 22.1 Å². The first kappa shape index (κ1) is 20.0. The van der Waals surface area contributed by atoms with Crippen molar-refractivity contribution >= 4 is 34.3 Å². The molecule has 10 heteroatoms. The number of nitro benzene ring substituents is 1. The highest BCUT2D eigenvalue weighted by molar-refractivity contribution is 7.14. The number of nitrogens with one attached hydrogen (secondary N) is 1. The summed E-state index contributed by atoms with van der Waals surface area (Å²) < 4.78 is 10.2. The van der Waals surface area contributed by atoms with E-state index in [1.54, 1.807) is 54.1 Å². The van der Waals surface area contributed by atoms with E-state index in [2.05, 4.69) is 15.5 Å². The second kappa shape index (κ2) is 9.01. The van der Waals surface area contributed by atoms with Crippen LogP contribution in [0.5, 0.6) is 5.75 Å². The van der Waals surface area contributed by atoms with Gasteiger partial charge in [-0.2, -0.15) is 5.10 Å². The van der Waals surface area contributed by atoms with Gasteiger partial charge < -0.3 is 9.15 Å². The number of benzene rings is 2. The normalized spacial score (nSPS) is 10.8. The number of anilines is 1. The van der Waals surface area contributed by atoms with Crippen LogP contribution in [0.1, 0.15) is 16.1 Å². The molecule has 0 fully saturated rings. The van der Waals surface area contributed by atoms with Gasteiger partial charge in [-0.3, -0.25) is 15.5 Å². The van der Waals surface area contributed by atoms with Gasteiger partial charge in [0.15, 0.2) is 0 Å². The Morgan fingerprint density at radius 1 is 1.19 bits per heavy atom. The van der Waals surface area contributed by atoms with Crippen LogP contribution < -0.4 is 10.2 Å². The average Bonchev–Trinajstić information content (AvgIpc) is 3.48. The molecule has 2 heterocycles. The summed E-state index contributed by atoms with van der Waals surface area (Å²) in [5, 5.41) is 17.4. The molecule has 0 saturated carbocycles. The van der Waals surface area contributed by atoms with Gasteiger partial charge in [-0.05, 0) is 42.0 Å². The zero-order chi connectivity index (χ0) is 21.6. The Balaban J connectivity index is 1.35. The molecule has 0 amide bonds. The van der Waals surface area contributed by atoms with Gasteiger partial charge in [-0.25, -0.2) is 9.78 Å². The Kier molecular flexibility index (Phi) is 5.81. The van der Waals surface area contributed by atoms with Crippen LogP contribution in [0.2, 0.25) is 0 Å². The fourth-order valence-electron chi connectivity index (χ4n) is 2.57. The van der Waals surface area contributed by atoms with Gasteiger partial charge in [0.1, 0.15) is 5.75 Å². The molecule has 0 aliphatic heterocycles. The van der Waals surface area contributed by atoms with Gasteiger partial charge in [-0.1, -0.05) is 12.1 Å². The second-order valence-corrected chi connectivity index (χ2v) is 7.01. The van der Waals surface area contributed by atoms with Crippen LogP contribution in [0.3, 0.4) is 0 Å². The topological polar surface area (TPSA) is 120 Å². The maximum atomic E-state index is 11.9. The molecule has 0 saturated heterocycles. The van der Waals surface area contributed by atoms with E-state index in [1.165, 1.54) is 35.8 Å². The Hall–Kier alpha value is -4.31. The maximum Gasteiger partial charge on any atom is 0.379 e. The van der Waals surface area contributed by atoms with Gasteiger partial charge in [0.2, 0.25) is 10.9 Å². The lowest BCUT2D eigenvalue weighted by Gasteiger charge is -2.02. The number of esters is 1. The molecule has 2 aromatic carbocycles. The monoisotopic (exact) mass is 434 g/mol. The summed E-state index contributed by atoms with van der Waals surface area (Å²) in [5.41, 5.74) is 4.89. The number of nitrogens with zero attached hydrogens (tertiary/aromatic N) is 3. The number of hydrogen-bond acceptors (Lipinski definition) is 9. The second-order valence-electron chi connectivity index (χ2n) is 6.15. The number of carbonyl (C=O) groups excluding carboxylic acids is 1. The molecule has 0 radical (unpaired) electrons. The van der Waals surface area contributed by atoms with Crippen LogP contribution in [0, 0.1) is 10.1 Å². The van der Waals surface area contributed by atoms with Crippen molar-refractivity contribution in [3.8, 4) is 17.0 Å². The van der Waals surface area contributed by atoms with Crippen molar-refractivity contribution in [2.45, 2.75) is 0 Å². The number of hydrogen-bond donors (Lipinski definition) is 1. The number of furan rings is 1. The van der Waals surface area contributed by atoms with E-state index >= 15 is 0 Å². The van der Waals surface area contributed by atoms with Crippen LogP contribution >= 0.6 is 11.3 Å². The number of nitro groups is 1. The van der Waals surface area contributed by atoms with Crippen LogP contribution in [-0.4, -0.2) is 22.1 Å². The van der Waals surface area contributed by atoms with Crippen molar-refractivity contribution in [2.75, 3.05) is 5.43 Å². The van der Waals surface area contributed by atoms with Gasteiger partial charge >= 0.3 is 5.97 Å². The molecule has 9 nitrogen and oxygen atoms in total. The molecule has 0 atom stereocenters. The minimum atomic E-state index is -0.573. The molecule has 31 heavy (non-hydrogen) atoms. The number of aromatic nitrogens is 1. The van der Waals surface area contributed by atoms with E-state index in [4.69, 9.17) is 9.15 Å². The average molecular weight is 434 g/mol. The summed E-state index contributed by atoms with van der Waals surface area (Å²) in [4.78, 5) is 26.7. The summed E-state index contributed by atoms with van der Waals surface area (Å²) in [5.74, 6) is -0.0628. The maximum absolute atomic E-state index is 11.9. The lowest BCUT2D eigenvalue weighted by atomic mass is 10.1. The molecule has 4 rings (SSSR count). The minimum absolute atomic E-state index is 0.0105. The predicted octanol–water partition coefficient (Wildman–Crippen LogP) is 4.98. The van der Waals surface area contributed by atoms with Crippen molar-refractivity contribution in [3.63, 3.8) is 0 Å². The molecule has 4 aromatic rings. The largest absolute Gasteiger partial charge is 0.457 e. The summed E-state index contributed by atoms with van der Waals surface area (Å²) in [6, 6.07) is 16.2. The lowest BCUT2D eigenvalue weighted by molar-refractivity contribution is -0.384. The van der Waals surface area contributed by atoms with Gasteiger partial charge in [0, 0.05) is 23.1 Å². The van der Waals surface area contributed by atoms with Crippen molar-refractivity contribution in [1.29, 1.82) is 0 Å². The Labute approximate surface area is 179 Å². The highest BCUT2D eigenvalue weighted by atomic mass is 32.1. The van der Waals surface area contributed by atoms with E-state index in [9.17, 15) is 14.9 Å². The SMILES string of the molecule is O=C(Oc1ccc(/C=N/Nc2nc(-c3cccc([N+](=O)[O-])c3)cs2)cc1)c1ccco1. The van der Waals surface area contributed by atoms with E-state index in [1.807, 2.05) is 0 Å². The summed E-state index contributed by atoms with van der Waals surface area (Å²) >= 11 is 1.33. The van der Waals surface area contributed by atoms with E-state index in [-0.39, 0.29) is 11.4 Å². The van der Waals surface area contributed by atoms with Crippen LogP contribution in [0.15, 0.2) is 81.8 Å². The Bertz CT molecular complexity index is 1230. The predicted molar refractivity (Wildman–Crippen MR) is 116 cm³/mol. The third-order valence-corrected chi connectivity index (χ3v) is 4.79. The summed E-state index contributed by atoms with van der Waals surface area (Å²) in [7, 11) is 0. The van der Waals surface area contributed by atoms with Gasteiger partial charge in [-0.15, -0.1) is 11.3 Å². The fourth-order valence-corrected chi connectivity index (χ4v) is 3.24. The van der Waals surface area contributed by atoms with Crippen molar-refractivity contribution in [3.05, 3.63) is 93.7 Å². The Morgan fingerprint density at radius 3 is 2.77 bits per heavy atom. The highest BCUT2D eigenvalue weighted by Crippen LogP contribution is 2.27. The van der Waals surface area contributed by atoms with Crippen LogP contribution in [0.25, 0.3) is 11.3 Å². The molecule has 0 unspecified atom stereocenters. The van der Waals surface area contributed by atoms with Crippen LogP contribution in [0.4, 0.5) is 10.8 Å². The summed E-state index contributed by atoms with van der Waals surface area (Å²) in [6.07, 6.45) is 2.99. The minimum Gasteiger partial charge on any atom is -0.457 e. The molecule has 2 aromatic heterocycles. The number of rotatable bonds is 7. The molecule has 0 aliphatic rings. The van der Waals surface area contributed by atoms with Crippen molar-refractivity contribution < 1.29 is 18.9 Å². The first-order valence-corrected chi connectivity index (χ1v) is 9.81. The van der Waals surface area contributed by atoms with Crippen molar-refractivity contribution in [2.24, 2.45) is 5.10 Å². The molecule has 0 aliphatic carbocycles. The van der Waals surface area contributed by atoms with Gasteiger partial charge in [0.05, 0.1) is 23.1 Å². The standard InChI is InChI=1S/C21H14N4O5S/c26-20(19-5-2-10-29-19)30-17-8-6-14(7-9-17)12-22-24-21-23-18(13-31-21)15-3-1-4-16(11-15)25(27)28/h1-13H,(H,23,24)/b22-12+. The quantitative estimate of drug-likeness (QED) is 0.143. The molecular formula is C21H14N4O5S. The molecule has 154 valence electrons. The number of ether oxygens (including phenoxy) is 1. The number of non-ortho nitro benzene ring substituents is 1. The molecule has 0 bridgehead atoms. The zero-order valence-electron chi connectivity index (χ0n) is 15.8. The zero-order valence-corrected chi connectivity index (χ0v) is 16.6. The van der Waals surface area contributed by atoms with Gasteiger partial charge in [0.25, 0.3) is 5.69 Å². The third-order valence-electron chi connectivity index (χ3n) is 4.04. The third kappa shape index (κ3) is 5.00. The molecule has 1 N–H and O–H groups in total. The first-order valence-electron chi connectivity index (χ1n) is 8.94. The first-order chi connectivity index (χ1) is 15.1. The van der Waals surface area contributed by atoms with Crippen LogP contribution in [-0.2, 0) is 0 Å². The molecule has 0 spiro atoms. The number of carbonyl (C=O) groups is 1. The lowest BCUT2D eigenvalue weighted by Crippen LogP contribution is -2.07. The number of hydrazone groups is 1. The van der Waals surface area contributed by atoms with E-state index in [0.717, 1.165) is 5.56 Å². The van der Waals surface area contributed by atoms with E-state index < -0.39 is 10.9 Å². The fraction of sp³-hybridized carbons (Fsp3) is 0. The highest BCUT2D eigenvalue weighted by Gasteiger charge is 2.11. The smallest absolute Gasteiger partial charge is 0.379 e.